The summed E-state index contributed by atoms with van der Waals surface area (Å²) >= 11 is 6.54. The van der Waals surface area contributed by atoms with E-state index in [9.17, 15) is 4.79 Å². The van der Waals surface area contributed by atoms with Gasteiger partial charge in [0.05, 0.1) is 48.4 Å². The maximum Gasteiger partial charge on any atom is 0.229 e. The number of ether oxygens (including phenoxy) is 1. The Kier molecular flexibility index (Phi) is 8.76. The Balaban J connectivity index is 1.24. The summed E-state index contributed by atoms with van der Waals surface area (Å²) in [6.07, 6.45) is 4.81. The summed E-state index contributed by atoms with van der Waals surface area (Å²) in [5.41, 5.74) is 12.8. The molecule has 5 fully saturated rings. The third kappa shape index (κ3) is 5.72. The van der Waals surface area contributed by atoms with Crippen LogP contribution in [0.3, 0.4) is 0 Å². The van der Waals surface area contributed by atoms with E-state index in [0.29, 0.717) is 18.6 Å². The molecule has 5 aliphatic rings. The van der Waals surface area contributed by atoms with Crippen LogP contribution in [0.25, 0.3) is 0 Å². The van der Waals surface area contributed by atoms with Gasteiger partial charge in [0, 0.05) is 57.9 Å². The highest BCUT2D eigenvalue weighted by molar-refractivity contribution is 6.21. The molecule has 36 heavy (non-hydrogen) atoms. The Labute approximate surface area is 221 Å². The summed E-state index contributed by atoms with van der Waals surface area (Å²) in [6, 6.07) is 0.780. The van der Waals surface area contributed by atoms with Crippen molar-refractivity contribution in [2.45, 2.75) is 80.4 Å². The van der Waals surface area contributed by atoms with Crippen molar-refractivity contribution in [2.24, 2.45) is 17.4 Å². The molecule has 0 spiro atoms. The van der Waals surface area contributed by atoms with Gasteiger partial charge < -0.3 is 26.8 Å². The average molecular weight is 527 g/mol. The Morgan fingerprint density at radius 3 is 2.47 bits per heavy atom. The second kappa shape index (κ2) is 11.7. The van der Waals surface area contributed by atoms with E-state index in [4.69, 9.17) is 27.8 Å². The normalized spacial score (nSPS) is 36.0. The summed E-state index contributed by atoms with van der Waals surface area (Å²) in [5.74, 6) is -0.581. The average Bonchev–Trinajstić information content (AvgIpc) is 3.39. The quantitative estimate of drug-likeness (QED) is 0.207. The van der Waals surface area contributed by atoms with E-state index in [1.54, 1.807) is 0 Å². The molecule has 1 saturated carbocycles. The molecular formula is C25H47ClN8O2. The van der Waals surface area contributed by atoms with Gasteiger partial charge >= 0.3 is 0 Å². The minimum atomic E-state index is -0.748. The number of nitrogens with zero attached hydrogens (tertiary/aromatic N) is 3. The maximum atomic E-state index is 13.8. The number of carbonyl (C=O) groups is 1. The lowest BCUT2D eigenvalue weighted by atomic mass is 9.93. The van der Waals surface area contributed by atoms with E-state index >= 15 is 0 Å². The summed E-state index contributed by atoms with van der Waals surface area (Å²) in [7, 11) is 0. The van der Waals surface area contributed by atoms with Crippen LogP contribution in [0.5, 0.6) is 0 Å². The standard InChI is InChI=1S/C25H47ClN8O2/c1-25(15-36-16-25)33-10-8-32(9-11-33)20-6-7-29-13-19(20)31-24(35)21(22(27)28)23-30-12-17(26)14-34(23)18-4-2-3-5-18/h17-23,29-30H,2-16,27-28H2,1H3,(H,31,35). The van der Waals surface area contributed by atoms with Crippen LogP contribution in [0.1, 0.15) is 39.0 Å². The largest absolute Gasteiger partial charge is 0.377 e. The van der Waals surface area contributed by atoms with Crippen molar-refractivity contribution in [2.75, 3.05) is 65.6 Å². The highest BCUT2D eigenvalue weighted by atomic mass is 35.5. The molecule has 11 heteroatoms. The number of halogens is 1. The van der Waals surface area contributed by atoms with Gasteiger partial charge in [0.25, 0.3) is 0 Å². The number of hydrogen-bond acceptors (Lipinski definition) is 9. The highest BCUT2D eigenvalue weighted by Gasteiger charge is 2.45. The Bertz CT molecular complexity index is 742. The van der Waals surface area contributed by atoms with Gasteiger partial charge in [-0.1, -0.05) is 12.8 Å². The second-order valence-electron chi connectivity index (χ2n) is 11.9. The summed E-state index contributed by atoms with van der Waals surface area (Å²) < 4.78 is 5.49. The van der Waals surface area contributed by atoms with Crippen LogP contribution < -0.4 is 27.4 Å². The van der Waals surface area contributed by atoms with E-state index in [2.05, 4.69) is 37.6 Å². The number of rotatable bonds is 7. The highest BCUT2D eigenvalue weighted by Crippen LogP contribution is 2.30. The van der Waals surface area contributed by atoms with Crippen molar-refractivity contribution in [1.29, 1.82) is 0 Å². The number of alkyl halides is 1. The second-order valence-corrected chi connectivity index (χ2v) is 12.5. The van der Waals surface area contributed by atoms with Crippen LogP contribution in [0.15, 0.2) is 0 Å². The number of piperazine rings is 1. The third-order valence-electron chi connectivity index (χ3n) is 9.31. The van der Waals surface area contributed by atoms with Crippen molar-refractivity contribution >= 4 is 17.5 Å². The zero-order valence-corrected chi connectivity index (χ0v) is 22.6. The van der Waals surface area contributed by atoms with Crippen molar-refractivity contribution in [3.63, 3.8) is 0 Å². The fourth-order valence-corrected chi connectivity index (χ4v) is 7.38. The first-order valence-corrected chi connectivity index (χ1v) is 14.5. The Hall–Kier alpha value is -0.560. The van der Waals surface area contributed by atoms with Gasteiger partial charge in [-0.2, -0.15) is 0 Å². The smallest absolute Gasteiger partial charge is 0.229 e. The third-order valence-corrected chi connectivity index (χ3v) is 9.60. The maximum absolute atomic E-state index is 13.8. The van der Waals surface area contributed by atoms with E-state index in [1.807, 2.05) is 0 Å². The van der Waals surface area contributed by atoms with Crippen molar-refractivity contribution in [3.8, 4) is 0 Å². The number of piperidine rings is 1. The summed E-state index contributed by atoms with van der Waals surface area (Å²) in [5, 5.41) is 10.4. The number of amides is 1. The molecule has 1 aliphatic carbocycles. The molecule has 1 amide bonds. The van der Waals surface area contributed by atoms with Gasteiger partial charge in [-0.05, 0) is 32.7 Å². The summed E-state index contributed by atoms with van der Waals surface area (Å²) in [6.45, 7) is 11.3. The molecule has 5 unspecified atom stereocenters. The molecule has 4 aliphatic heterocycles. The topological polar surface area (TPSA) is 124 Å². The van der Waals surface area contributed by atoms with E-state index < -0.39 is 12.1 Å². The molecule has 10 nitrogen and oxygen atoms in total. The minimum absolute atomic E-state index is 0.0268. The van der Waals surface area contributed by atoms with Crippen LogP contribution in [0.2, 0.25) is 0 Å². The lowest BCUT2D eigenvalue weighted by Crippen LogP contribution is -2.70. The Morgan fingerprint density at radius 1 is 1.11 bits per heavy atom. The monoisotopic (exact) mass is 526 g/mol. The van der Waals surface area contributed by atoms with Crippen LogP contribution in [0.4, 0.5) is 0 Å². The molecule has 5 atom stereocenters. The Morgan fingerprint density at radius 2 is 1.83 bits per heavy atom. The van der Waals surface area contributed by atoms with Crippen LogP contribution in [0, 0.1) is 5.92 Å². The van der Waals surface area contributed by atoms with E-state index in [0.717, 1.165) is 78.3 Å². The van der Waals surface area contributed by atoms with Crippen molar-refractivity contribution < 1.29 is 9.53 Å². The minimum Gasteiger partial charge on any atom is -0.377 e. The number of hydrogen-bond donors (Lipinski definition) is 5. The molecule has 7 N–H and O–H groups in total. The predicted octanol–water partition coefficient (Wildman–Crippen LogP) is -1.12. The van der Waals surface area contributed by atoms with Crippen molar-refractivity contribution in [3.05, 3.63) is 0 Å². The molecule has 0 aromatic rings. The van der Waals surface area contributed by atoms with Gasteiger partial charge in [0.1, 0.15) is 0 Å². The lowest BCUT2D eigenvalue weighted by molar-refractivity contribution is -0.143. The number of nitrogens with one attached hydrogen (secondary N) is 3. The van der Waals surface area contributed by atoms with Crippen LogP contribution >= 0.6 is 11.6 Å². The van der Waals surface area contributed by atoms with Gasteiger partial charge in [-0.15, -0.1) is 11.6 Å². The lowest BCUT2D eigenvalue weighted by Gasteiger charge is -2.52. The first-order chi connectivity index (χ1) is 17.4. The van der Waals surface area contributed by atoms with Crippen LogP contribution in [-0.4, -0.2) is 128 Å². The van der Waals surface area contributed by atoms with Gasteiger partial charge in [0.15, 0.2) is 0 Å². The fourth-order valence-electron chi connectivity index (χ4n) is 7.13. The number of nitrogens with two attached hydrogens (primary N) is 2. The first kappa shape index (κ1) is 27.0. The molecule has 0 aromatic heterocycles. The molecule has 5 rings (SSSR count). The molecular weight excluding hydrogens is 480 g/mol. The van der Waals surface area contributed by atoms with Gasteiger partial charge in [-0.25, -0.2) is 0 Å². The van der Waals surface area contributed by atoms with Gasteiger partial charge in [0.2, 0.25) is 5.91 Å². The van der Waals surface area contributed by atoms with Crippen molar-refractivity contribution in [1.82, 2.24) is 30.7 Å². The zero-order chi connectivity index (χ0) is 25.3. The van der Waals surface area contributed by atoms with Gasteiger partial charge in [-0.3, -0.25) is 24.8 Å². The first-order valence-electron chi connectivity index (χ1n) is 14.1. The number of carbonyl (C=O) groups excluding carboxylic acids is 1. The molecule has 206 valence electrons. The van der Waals surface area contributed by atoms with Crippen LogP contribution in [-0.2, 0) is 9.53 Å². The van der Waals surface area contributed by atoms with E-state index in [-0.39, 0.29) is 29.0 Å². The molecule has 0 radical (unpaired) electrons. The van der Waals surface area contributed by atoms with E-state index in [1.165, 1.54) is 12.8 Å². The predicted molar refractivity (Wildman–Crippen MR) is 142 cm³/mol. The molecule has 4 heterocycles. The SMILES string of the molecule is CC1(N2CCN(C3CCNCC3NC(=O)C(C(N)N)C3NCC(Cl)CN3C3CCCC3)CC2)COC1. The summed E-state index contributed by atoms with van der Waals surface area (Å²) in [4.78, 5) is 21.3. The zero-order valence-electron chi connectivity index (χ0n) is 21.8. The fraction of sp³-hybridized carbons (Fsp3) is 0.960. The molecule has 4 saturated heterocycles. The molecule has 0 bridgehead atoms. The molecule has 0 aromatic carbocycles.